The minimum Gasteiger partial charge on any atom is -0.353 e. The highest BCUT2D eigenvalue weighted by molar-refractivity contribution is 7.99. The second-order valence-electron chi connectivity index (χ2n) is 5.47. The largest absolute Gasteiger partial charge is 0.353 e. The number of nitrogens with zero attached hydrogens (tertiary/aromatic N) is 3. The van der Waals surface area contributed by atoms with E-state index >= 15 is 0 Å². The average Bonchev–Trinajstić information content (AvgIpc) is 2.96. The van der Waals surface area contributed by atoms with E-state index in [9.17, 15) is 4.79 Å². The molecule has 0 atom stereocenters. The van der Waals surface area contributed by atoms with Gasteiger partial charge in [-0.25, -0.2) is 0 Å². The van der Waals surface area contributed by atoms with Gasteiger partial charge in [-0.3, -0.25) is 4.79 Å². The molecule has 1 aromatic rings. The molecule has 6 heteroatoms. The van der Waals surface area contributed by atoms with Gasteiger partial charge in [0.1, 0.15) is 5.82 Å². The monoisotopic (exact) mass is 280 g/mol. The molecular weight excluding hydrogens is 260 g/mol. The molecule has 2 aliphatic carbocycles. The highest BCUT2D eigenvalue weighted by atomic mass is 32.2. The van der Waals surface area contributed by atoms with Crippen LogP contribution in [0.25, 0.3) is 0 Å². The van der Waals surface area contributed by atoms with Crippen LogP contribution in [0.15, 0.2) is 5.16 Å². The van der Waals surface area contributed by atoms with Gasteiger partial charge in [-0.05, 0) is 32.6 Å². The Morgan fingerprint density at radius 2 is 2.05 bits per heavy atom. The number of amides is 1. The second-order valence-corrected chi connectivity index (χ2v) is 6.41. The summed E-state index contributed by atoms with van der Waals surface area (Å²) in [7, 11) is 0. The number of carbonyl (C=O) groups is 1. The summed E-state index contributed by atoms with van der Waals surface area (Å²) < 4.78 is 2.17. The SMILES string of the molecule is Cc1nnc(SCC(=O)NC2CCCC2)n1C1CC1. The van der Waals surface area contributed by atoms with Crippen molar-refractivity contribution >= 4 is 17.7 Å². The molecule has 1 amide bonds. The number of rotatable bonds is 5. The number of hydrogen-bond acceptors (Lipinski definition) is 4. The molecule has 2 aliphatic rings. The molecule has 1 heterocycles. The van der Waals surface area contributed by atoms with Gasteiger partial charge in [-0.1, -0.05) is 24.6 Å². The van der Waals surface area contributed by atoms with Gasteiger partial charge >= 0.3 is 0 Å². The van der Waals surface area contributed by atoms with E-state index < -0.39 is 0 Å². The first-order valence-corrected chi connectivity index (χ1v) is 8.06. The van der Waals surface area contributed by atoms with Gasteiger partial charge in [0.25, 0.3) is 0 Å². The quantitative estimate of drug-likeness (QED) is 0.839. The maximum atomic E-state index is 11.9. The maximum Gasteiger partial charge on any atom is 0.230 e. The van der Waals surface area contributed by atoms with Crippen LogP contribution in [0.4, 0.5) is 0 Å². The number of hydrogen-bond donors (Lipinski definition) is 1. The molecule has 3 rings (SSSR count). The van der Waals surface area contributed by atoms with Crippen molar-refractivity contribution in [2.45, 2.75) is 62.7 Å². The average molecular weight is 280 g/mol. The third kappa shape index (κ3) is 3.11. The molecule has 19 heavy (non-hydrogen) atoms. The Kier molecular flexibility index (Phi) is 3.77. The molecule has 1 aromatic heterocycles. The lowest BCUT2D eigenvalue weighted by molar-refractivity contribution is -0.119. The molecule has 104 valence electrons. The minimum absolute atomic E-state index is 0.125. The Morgan fingerprint density at radius 3 is 2.74 bits per heavy atom. The Bertz CT molecular complexity index is 463. The van der Waals surface area contributed by atoms with E-state index in [2.05, 4.69) is 20.1 Å². The molecule has 0 bridgehead atoms. The van der Waals surface area contributed by atoms with Crippen molar-refractivity contribution in [1.82, 2.24) is 20.1 Å². The van der Waals surface area contributed by atoms with Crippen molar-refractivity contribution in [2.75, 3.05) is 5.75 Å². The zero-order valence-electron chi connectivity index (χ0n) is 11.3. The van der Waals surface area contributed by atoms with Crippen molar-refractivity contribution in [1.29, 1.82) is 0 Å². The van der Waals surface area contributed by atoms with Crippen molar-refractivity contribution in [3.63, 3.8) is 0 Å². The lowest BCUT2D eigenvalue weighted by Crippen LogP contribution is -2.33. The zero-order chi connectivity index (χ0) is 13.2. The summed E-state index contributed by atoms with van der Waals surface area (Å²) in [6.07, 6.45) is 7.17. The molecule has 2 saturated carbocycles. The molecule has 0 radical (unpaired) electrons. The highest BCUT2D eigenvalue weighted by Crippen LogP contribution is 2.38. The summed E-state index contributed by atoms with van der Waals surface area (Å²) in [6, 6.07) is 0.964. The predicted octanol–water partition coefficient (Wildman–Crippen LogP) is 2.07. The van der Waals surface area contributed by atoms with E-state index in [1.807, 2.05) is 6.92 Å². The van der Waals surface area contributed by atoms with Crippen molar-refractivity contribution < 1.29 is 4.79 Å². The van der Waals surface area contributed by atoms with Crippen LogP contribution >= 0.6 is 11.8 Å². The van der Waals surface area contributed by atoms with Crippen molar-refractivity contribution in [3.05, 3.63) is 5.82 Å². The van der Waals surface area contributed by atoms with E-state index in [1.165, 1.54) is 37.4 Å². The van der Waals surface area contributed by atoms with Crippen LogP contribution in [0.2, 0.25) is 0 Å². The molecule has 5 nitrogen and oxygen atoms in total. The van der Waals surface area contributed by atoms with E-state index in [1.54, 1.807) is 0 Å². The summed E-state index contributed by atoms with van der Waals surface area (Å²) in [4.78, 5) is 11.9. The summed E-state index contributed by atoms with van der Waals surface area (Å²) >= 11 is 1.50. The number of aryl methyl sites for hydroxylation is 1. The van der Waals surface area contributed by atoms with Crippen LogP contribution in [-0.2, 0) is 4.79 Å². The zero-order valence-corrected chi connectivity index (χ0v) is 12.1. The lowest BCUT2D eigenvalue weighted by Gasteiger charge is -2.11. The molecular formula is C13H20N4OS. The lowest BCUT2D eigenvalue weighted by atomic mass is 10.2. The number of aromatic nitrogens is 3. The molecule has 1 N–H and O–H groups in total. The fourth-order valence-electron chi connectivity index (χ4n) is 2.67. The van der Waals surface area contributed by atoms with Gasteiger partial charge in [-0.15, -0.1) is 10.2 Å². The first-order chi connectivity index (χ1) is 9.24. The van der Waals surface area contributed by atoms with Gasteiger partial charge in [-0.2, -0.15) is 0 Å². The Labute approximate surface area is 117 Å². The smallest absolute Gasteiger partial charge is 0.230 e. The fourth-order valence-corrected chi connectivity index (χ4v) is 3.53. The molecule has 0 unspecified atom stereocenters. The van der Waals surface area contributed by atoms with Crippen LogP contribution in [0.3, 0.4) is 0 Å². The molecule has 0 spiro atoms. The maximum absolute atomic E-state index is 11.9. The van der Waals surface area contributed by atoms with Crippen molar-refractivity contribution in [2.24, 2.45) is 0 Å². The Hall–Kier alpha value is -1.04. The summed E-state index contributed by atoms with van der Waals surface area (Å²) in [5.41, 5.74) is 0. The van der Waals surface area contributed by atoms with Gasteiger partial charge in [0.05, 0.1) is 5.75 Å². The van der Waals surface area contributed by atoms with Crippen LogP contribution in [0.1, 0.15) is 50.4 Å². The fraction of sp³-hybridized carbons (Fsp3) is 0.769. The third-order valence-electron chi connectivity index (χ3n) is 3.80. The minimum atomic E-state index is 0.125. The van der Waals surface area contributed by atoms with E-state index in [0.29, 0.717) is 17.8 Å². The van der Waals surface area contributed by atoms with Crippen molar-refractivity contribution in [3.8, 4) is 0 Å². The van der Waals surface area contributed by atoms with Crippen LogP contribution in [0.5, 0.6) is 0 Å². The van der Waals surface area contributed by atoms with Gasteiger partial charge in [0, 0.05) is 12.1 Å². The Morgan fingerprint density at radius 1 is 1.32 bits per heavy atom. The van der Waals surface area contributed by atoms with E-state index in [4.69, 9.17) is 0 Å². The van der Waals surface area contributed by atoms with Crippen LogP contribution in [-0.4, -0.2) is 32.5 Å². The molecule has 0 aliphatic heterocycles. The van der Waals surface area contributed by atoms with E-state index in [-0.39, 0.29) is 5.91 Å². The highest BCUT2D eigenvalue weighted by Gasteiger charge is 2.28. The molecule has 0 aromatic carbocycles. The van der Waals surface area contributed by atoms with Crippen LogP contribution < -0.4 is 5.32 Å². The standard InChI is InChI=1S/C13H20N4OS/c1-9-15-16-13(17(9)11-6-7-11)19-8-12(18)14-10-4-2-3-5-10/h10-11H,2-8H2,1H3,(H,14,18). The number of thioether (sulfide) groups is 1. The normalized spacial score (nSPS) is 19.8. The predicted molar refractivity (Wildman–Crippen MR) is 74.2 cm³/mol. The number of nitrogens with one attached hydrogen (secondary N) is 1. The van der Waals surface area contributed by atoms with E-state index in [0.717, 1.165) is 23.8 Å². The summed E-state index contributed by atoms with van der Waals surface area (Å²) in [6.45, 7) is 1.98. The van der Waals surface area contributed by atoms with Gasteiger partial charge < -0.3 is 9.88 Å². The van der Waals surface area contributed by atoms with Crippen LogP contribution in [0, 0.1) is 6.92 Å². The number of carbonyl (C=O) groups excluding carboxylic acids is 1. The topological polar surface area (TPSA) is 59.8 Å². The van der Waals surface area contributed by atoms with Gasteiger partial charge in [0.15, 0.2) is 5.16 Å². The molecule has 0 saturated heterocycles. The Balaban J connectivity index is 1.52. The second kappa shape index (κ2) is 5.53. The van der Waals surface area contributed by atoms with Gasteiger partial charge in [0.2, 0.25) is 5.91 Å². The third-order valence-corrected chi connectivity index (χ3v) is 4.74. The summed E-state index contributed by atoms with van der Waals surface area (Å²) in [5.74, 6) is 1.53. The first kappa shape index (κ1) is 13.0. The first-order valence-electron chi connectivity index (χ1n) is 7.07. The molecule has 2 fully saturated rings. The summed E-state index contributed by atoms with van der Waals surface area (Å²) in [5, 5.41) is 12.3.